The molecule has 3 atom stereocenters. The zero-order valence-corrected chi connectivity index (χ0v) is 14.7. The predicted octanol–water partition coefficient (Wildman–Crippen LogP) is 4.15. The number of benzene rings is 1. The minimum Gasteiger partial charge on any atom is -0.444 e. The Kier molecular flexibility index (Phi) is 5.69. The summed E-state index contributed by atoms with van der Waals surface area (Å²) in [6.07, 6.45) is 1.61. The summed E-state index contributed by atoms with van der Waals surface area (Å²) in [5.41, 5.74) is 0.401. The van der Waals surface area contributed by atoms with Crippen LogP contribution in [0.25, 0.3) is 0 Å². The average molecular weight is 319 g/mol. The van der Waals surface area contributed by atoms with Crippen LogP contribution in [0.4, 0.5) is 4.79 Å². The third-order valence-electron chi connectivity index (χ3n) is 4.29. The Balaban J connectivity index is 2.07. The van der Waals surface area contributed by atoms with Crippen molar-refractivity contribution < 1.29 is 14.6 Å². The quantitative estimate of drug-likeness (QED) is 0.910. The van der Waals surface area contributed by atoms with E-state index in [0.29, 0.717) is 18.9 Å². The largest absolute Gasteiger partial charge is 0.444 e. The van der Waals surface area contributed by atoms with Crippen LogP contribution in [-0.2, 0) is 4.74 Å². The maximum atomic E-state index is 12.5. The lowest BCUT2D eigenvalue weighted by Crippen LogP contribution is -2.48. The summed E-state index contributed by atoms with van der Waals surface area (Å²) in [6, 6.07) is 9.65. The summed E-state index contributed by atoms with van der Waals surface area (Å²) in [7, 11) is 0. The number of ether oxygens (including phenoxy) is 1. The fraction of sp³-hybridized carbons (Fsp3) is 0.632. The van der Waals surface area contributed by atoms with E-state index >= 15 is 0 Å². The molecule has 1 aliphatic heterocycles. The molecule has 0 aromatic heterocycles. The number of hydrogen-bond acceptors (Lipinski definition) is 3. The van der Waals surface area contributed by atoms with Crippen molar-refractivity contribution in [3.05, 3.63) is 35.9 Å². The number of likely N-dealkylation sites (tertiary alicyclic amines) is 1. The summed E-state index contributed by atoms with van der Waals surface area (Å²) in [6.45, 7) is 8.54. The van der Waals surface area contributed by atoms with E-state index in [1.165, 1.54) is 0 Å². The van der Waals surface area contributed by atoms with Crippen LogP contribution in [0.5, 0.6) is 0 Å². The first-order chi connectivity index (χ1) is 10.8. The van der Waals surface area contributed by atoms with Gasteiger partial charge in [0.25, 0.3) is 0 Å². The van der Waals surface area contributed by atoms with Gasteiger partial charge in [0.1, 0.15) is 5.60 Å². The fourth-order valence-corrected chi connectivity index (χ4v) is 3.10. The monoisotopic (exact) mass is 319 g/mol. The second kappa shape index (κ2) is 7.35. The van der Waals surface area contributed by atoms with Gasteiger partial charge >= 0.3 is 6.09 Å². The summed E-state index contributed by atoms with van der Waals surface area (Å²) in [4.78, 5) is 14.3. The van der Waals surface area contributed by atoms with Crippen molar-refractivity contribution in [1.29, 1.82) is 0 Å². The average Bonchev–Trinajstić information content (AvgIpc) is 2.46. The van der Waals surface area contributed by atoms with Gasteiger partial charge in [-0.25, -0.2) is 4.79 Å². The summed E-state index contributed by atoms with van der Waals surface area (Å²) < 4.78 is 5.54. The van der Waals surface area contributed by atoms with Crippen LogP contribution in [0, 0.1) is 5.92 Å². The Bertz CT molecular complexity index is 509. The van der Waals surface area contributed by atoms with Crippen molar-refractivity contribution in [1.82, 2.24) is 4.90 Å². The van der Waals surface area contributed by atoms with E-state index in [1.54, 1.807) is 4.90 Å². The number of aliphatic hydroxyl groups is 1. The third-order valence-corrected chi connectivity index (χ3v) is 4.29. The van der Waals surface area contributed by atoms with Gasteiger partial charge in [-0.1, -0.05) is 37.3 Å². The van der Waals surface area contributed by atoms with Gasteiger partial charge in [0.2, 0.25) is 0 Å². The summed E-state index contributed by atoms with van der Waals surface area (Å²) in [5.74, 6) is 0.557. The van der Waals surface area contributed by atoms with Gasteiger partial charge in [0.05, 0.1) is 6.10 Å². The van der Waals surface area contributed by atoms with Crippen LogP contribution in [0.15, 0.2) is 30.3 Å². The molecule has 1 amide bonds. The van der Waals surface area contributed by atoms with Gasteiger partial charge in [-0.05, 0) is 51.5 Å². The Hall–Kier alpha value is -1.55. The number of amides is 1. The van der Waals surface area contributed by atoms with Gasteiger partial charge in [-0.3, -0.25) is 0 Å². The van der Waals surface area contributed by atoms with Gasteiger partial charge in [-0.15, -0.1) is 0 Å². The van der Waals surface area contributed by atoms with Crippen LogP contribution in [0.1, 0.15) is 58.6 Å². The van der Waals surface area contributed by atoms with Gasteiger partial charge in [-0.2, -0.15) is 0 Å². The Morgan fingerprint density at radius 2 is 2.00 bits per heavy atom. The maximum absolute atomic E-state index is 12.5. The summed E-state index contributed by atoms with van der Waals surface area (Å²) >= 11 is 0. The number of rotatable bonds is 3. The zero-order valence-electron chi connectivity index (χ0n) is 14.7. The number of carbonyl (C=O) groups is 1. The third kappa shape index (κ3) is 5.24. The van der Waals surface area contributed by atoms with E-state index in [2.05, 4.69) is 6.92 Å². The molecule has 1 saturated heterocycles. The molecule has 1 aromatic carbocycles. The highest BCUT2D eigenvalue weighted by Crippen LogP contribution is 2.30. The standard InChI is InChI=1S/C19H29NO3/c1-14-10-11-20(18(22)23-19(2,3)4)16(12-14)13-17(21)15-8-6-5-7-9-15/h5-9,14,16-17,21H,10-13H2,1-4H3. The number of nitrogens with zero attached hydrogens (tertiary/aromatic N) is 1. The van der Waals surface area contributed by atoms with E-state index < -0.39 is 11.7 Å². The van der Waals surface area contributed by atoms with Crippen molar-refractivity contribution in [2.24, 2.45) is 5.92 Å². The molecule has 1 heterocycles. The van der Waals surface area contributed by atoms with E-state index in [0.717, 1.165) is 18.4 Å². The predicted molar refractivity (Wildman–Crippen MR) is 91.1 cm³/mol. The van der Waals surface area contributed by atoms with Crippen molar-refractivity contribution in [3.8, 4) is 0 Å². The molecular formula is C19H29NO3. The van der Waals surface area contributed by atoms with Crippen LogP contribution in [0.2, 0.25) is 0 Å². The van der Waals surface area contributed by atoms with Gasteiger partial charge in [0.15, 0.2) is 0 Å². The van der Waals surface area contributed by atoms with Crippen molar-refractivity contribution in [2.45, 2.75) is 64.7 Å². The molecule has 3 unspecified atom stereocenters. The number of carbonyl (C=O) groups excluding carboxylic acids is 1. The number of piperidine rings is 1. The number of hydrogen-bond donors (Lipinski definition) is 1. The molecule has 4 nitrogen and oxygen atoms in total. The first kappa shape index (κ1) is 17.8. The minimum atomic E-state index is -0.559. The molecule has 0 radical (unpaired) electrons. The fourth-order valence-electron chi connectivity index (χ4n) is 3.10. The molecule has 4 heteroatoms. The normalized spacial score (nSPS) is 23.4. The molecular weight excluding hydrogens is 290 g/mol. The van der Waals surface area contributed by atoms with E-state index in [9.17, 15) is 9.90 Å². The lowest BCUT2D eigenvalue weighted by Gasteiger charge is -2.40. The van der Waals surface area contributed by atoms with Crippen LogP contribution < -0.4 is 0 Å². The molecule has 128 valence electrons. The SMILES string of the molecule is CC1CCN(C(=O)OC(C)(C)C)C(CC(O)c2ccccc2)C1. The molecule has 2 rings (SSSR count). The Morgan fingerprint density at radius 3 is 2.61 bits per heavy atom. The second-order valence-electron chi connectivity index (χ2n) is 7.62. The number of aliphatic hydroxyl groups excluding tert-OH is 1. The molecule has 1 aliphatic rings. The first-order valence-corrected chi connectivity index (χ1v) is 8.49. The molecule has 0 bridgehead atoms. The molecule has 0 saturated carbocycles. The Labute approximate surface area is 139 Å². The van der Waals surface area contributed by atoms with Crippen LogP contribution in [-0.4, -0.2) is 34.3 Å². The van der Waals surface area contributed by atoms with Crippen LogP contribution in [0.3, 0.4) is 0 Å². The molecule has 0 spiro atoms. The smallest absolute Gasteiger partial charge is 0.410 e. The molecule has 1 N–H and O–H groups in total. The highest BCUT2D eigenvalue weighted by Gasteiger charge is 2.34. The van der Waals surface area contributed by atoms with Crippen molar-refractivity contribution >= 4 is 6.09 Å². The summed E-state index contributed by atoms with van der Waals surface area (Å²) in [5, 5.41) is 10.5. The van der Waals surface area contributed by atoms with E-state index in [4.69, 9.17) is 4.74 Å². The van der Waals surface area contributed by atoms with E-state index in [-0.39, 0.29) is 12.1 Å². The highest BCUT2D eigenvalue weighted by atomic mass is 16.6. The van der Waals surface area contributed by atoms with Crippen molar-refractivity contribution in [2.75, 3.05) is 6.54 Å². The van der Waals surface area contributed by atoms with Crippen molar-refractivity contribution in [3.63, 3.8) is 0 Å². The topological polar surface area (TPSA) is 49.8 Å². The van der Waals surface area contributed by atoms with Gasteiger partial charge < -0.3 is 14.7 Å². The lowest BCUT2D eigenvalue weighted by atomic mass is 9.88. The molecule has 23 heavy (non-hydrogen) atoms. The van der Waals surface area contributed by atoms with E-state index in [1.807, 2.05) is 51.1 Å². The Morgan fingerprint density at radius 1 is 1.35 bits per heavy atom. The lowest BCUT2D eigenvalue weighted by molar-refractivity contribution is -0.00279. The molecule has 1 fully saturated rings. The zero-order chi connectivity index (χ0) is 17.0. The highest BCUT2D eigenvalue weighted by molar-refractivity contribution is 5.68. The maximum Gasteiger partial charge on any atom is 0.410 e. The molecule has 0 aliphatic carbocycles. The van der Waals surface area contributed by atoms with Gasteiger partial charge in [0, 0.05) is 12.6 Å². The molecule has 1 aromatic rings. The minimum absolute atomic E-state index is 0.0174. The van der Waals surface area contributed by atoms with Crippen LogP contribution >= 0.6 is 0 Å². The first-order valence-electron chi connectivity index (χ1n) is 8.49. The second-order valence-corrected chi connectivity index (χ2v) is 7.62.